The van der Waals surface area contributed by atoms with Gasteiger partial charge in [0.25, 0.3) is 5.88 Å². The first-order valence-electron chi connectivity index (χ1n) is 11.0. The van der Waals surface area contributed by atoms with Crippen molar-refractivity contribution in [1.29, 1.82) is 0 Å². The van der Waals surface area contributed by atoms with E-state index in [1.807, 2.05) is 60.7 Å². The van der Waals surface area contributed by atoms with Crippen molar-refractivity contribution in [1.82, 2.24) is 10.2 Å². The van der Waals surface area contributed by atoms with E-state index in [9.17, 15) is 13.2 Å². The van der Waals surface area contributed by atoms with E-state index in [1.54, 1.807) is 25.1 Å². The first kappa shape index (κ1) is 24.0. The summed E-state index contributed by atoms with van der Waals surface area (Å²) in [5.41, 5.74) is 2.92. The molecule has 0 N–H and O–H groups in total. The molecular weight excluding hydrogens is 453 g/mol. The minimum Gasteiger partial charge on any atom is -0.483 e. The van der Waals surface area contributed by atoms with Gasteiger partial charge in [0.15, 0.2) is 5.75 Å². The molecule has 0 saturated carbocycles. The van der Waals surface area contributed by atoms with Crippen LogP contribution in [0, 0.1) is 6.92 Å². The summed E-state index contributed by atoms with van der Waals surface area (Å²) in [5, 5.41) is 8.38. The van der Waals surface area contributed by atoms with Gasteiger partial charge < -0.3 is 9.47 Å². The molecule has 0 aliphatic rings. The standard InChI is InChI=1S/C28H23F3N2O2/c1-20-16-24(28(29,30)31)14-12-23(20)13-15-25-17-26(34-18-21-8-4-2-5-9-21)27(33-32-25)35-19-22-10-6-3-7-11-22/h2-17H,18-19H2,1H3/b15-13+. The van der Waals surface area contributed by atoms with Gasteiger partial charge in [-0.3, -0.25) is 0 Å². The Hall–Kier alpha value is -4.13. The molecule has 0 atom stereocenters. The lowest BCUT2D eigenvalue weighted by Crippen LogP contribution is -2.05. The van der Waals surface area contributed by atoms with E-state index >= 15 is 0 Å². The van der Waals surface area contributed by atoms with Gasteiger partial charge in [-0.2, -0.15) is 13.2 Å². The maximum Gasteiger partial charge on any atom is 0.416 e. The third kappa shape index (κ3) is 6.69. The number of aryl methyl sites for hydroxylation is 1. The van der Waals surface area contributed by atoms with E-state index in [0.29, 0.717) is 35.8 Å². The Labute approximate surface area is 201 Å². The number of ether oxygens (including phenoxy) is 2. The third-order valence-electron chi connectivity index (χ3n) is 5.23. The molecule has 1 aromatic heterocycles. The predicted molar refractivity (Wildman–Crippen MR) is 129 cm³/mol. The van der Waals surface area contributed by atoms with E-state index in [1.165, 1.54) is 6.07 Å². The summed E-state index contributed by atoms with van der Waals surface area (Å²) in [6, 6.07) is 24.7. The number of alkyl halides is 3. The van der Waals surface area contributed by atoms with Gasteiger partial charge in [0, 0.05) is 6.07 Å². The predicted octanol–water partition coefficient (Wildman–Crippen LogP) is 7.13. The van der Waals surface area contributed by atoms with Crippen LogP contribution in [0.2, 0.25) is 0 Å². The van der Waals surface area contributed by atoms with Crippen LogP contribution in [0.1, 0.15) is 33.5 Å². The van der Waals surface area contributed by atoms with Crippen LogP contribution in [0.25, 0.3) is 12.2 Å². The summed E-state index contributed by atoms with van der Waals surface area (Å²) in [4.78, 5) is 0. The van der Waals surface area contributed by atoms with E-state index in [2.05, 4.69) is 10.2 Å². The topological polar surface area (TPSA) is 44.2 Å². The van der Waals surface area contributed by atoms with Crippen molar-refractivity contribution in [2.45, 2.75) is 26.3 Å². The number of hydrogen-bond donors (Lipinski definition) is 0. The first-order chi connectivity index (χ1) is 16.9. The Morgan fingerprint density at radius 2 is 1.37 bits per heavy atom. The Morgan fingerprint density at radius 1 is 0.743 bits per heavy atom. The molecule has 0 saturated heterocycles. The first-order valence-corrected chi connectivity index (χ1v) is 11.0. The molecule has 0 amide bonds. The van der Waals surface area contributed by atoms with Gasteiger partial charge >= 0.3 is 6.18 Å². The Balaban J connectivity index is 1.55. The molecule has 35 heavy (non-hydrogen) atoms. The number of benzene rings is 3. The van der Waals surface area contributed by atoms with Crippen LogP contribution < -0.4 is 9.47 Å². The van der Waals surface area contributed by atoms with Crippen LogP contribution in [-0.2, 0) is 19.4 Å². The fourth-order valence-corrected chi connectivity index (χ4v) is 3.34. The van der Waals surface area contributed by atoms with Gasteiger partial charge in [-0.25, -0.2) is 0 Å². The van der Waals surface area contributed by atoms with Crippen molar-refractivity contribution in [3.63, 3.8) is 0 Å². The summed E-state index contributed by atoms with van der Waals surface area (Å²) in [7, 11) is 0. The van der Waals surface area contributed by atoms with Gasteiger partial charge in [-0.1, -0.05) is 72.8 Å². The monoisotopic (exact) mass is 476 g/mol. The molecule has 0 aliphatic carbocycles. The minimum absolute atomic E-state index is 0.257. The summed E-state index contributed by atoms with van der Waals surface area (Å²) in [5.74, 6) is 0.677. The second-order valence-corrected chi connectivity index (χ2v) is 7.89. The molecule has 3 aromatic carbocycles. The summed E-state index contributed by atoms with van der Waals surface area (Å²) in [6.07, 6.45) is -0.997. The lowest BCUT2D eigenvalue weighted by molar-refractivity contribution is -0.137. The number of rotatable bonds is 8. The summed E-state index contributed by atoms with van der Waals surface area (Å²) in [6.45, 7) is 2.25. The second-order valence-electron chi connectivity index (χ2n) is 7.89. The van der Waals surface area contributed by atoms with Gasteiger partial charge in [0.2, 0.25) is 0 Å². The van der Waals surface area contributed by atoms with Crippen molar-refractivity contribution in [2.24, 2.45) is 0 Å². The van der Waals surface area contributed by atoms with Gasteiger partial charge in [-0.05, 0) is 47.4 Å². The molecule has 7 heteroatoms. The minimum atomic E-state index is -4.38. The van der Waals surface area contributed by atoms with Crippen molar-refractivity contribution >= 4 is 12.2 Å². The van der Waals surface area contributed by atoms with Crippen molar-refractivity contribution in [3.8, 4) is 11.6 Å². The van der Waals surface area contributed by atoms with Crippen molar-refractivity contribution in [2.75, 3.05) is 0 Å². The van der Waals surface area contributed by atoms with Gasteiger partial charge in [0.05, 0.1) is 11.3 Å². The highest BCUT2D eigenvalue weighted by molar-refractivity contribution is 5.70. The maximum atomic E-state index is 12.9. The number of halogens is 3. The Bertz CT molecular complexity index is 1290. The molecule has 0 fully saturated rings. The Kier molecular flexibility index (Phi) is 7.45. The number of aromatic nitrogens is 2. The lowest BCUT2D eigenvalue weighted by atomic mass is 10.0. The normalized spacial score (nSPS) is 11.5. The highest BCUT2D eigenvalue weighted by Crippen LogP contribution is 2.31. The average Bonchev–Trinajstić information content (AvgIpc) is 2.86. The maximum absolute atomic E-state index is 12.9. The molecule has 178 valence electrons. The van der Waals surface area contributed by atoms with E-state index in [-0.39, 0.29) is 5.88 Å². The number of nitrogens with zero attached hydrogens (tertiary/aromatic N) is 2. The molecule has 4 nitrogen and oxygen atoms in total. The van der Waals surface area contributed by atoms with Crippen LogP contribution in [0.5, 0.6) is 11.6 Å². The summed E-state index contributed by atoms with van der Waals surface area (Å²) < 4.78 is 50.7. The molecule has 0 bridgehead atoms. The Morgan fingerprint density at radius 3 is 1.97 bits per heavy atom. The van der Waals surface area contributed by atoms with E-state index in [0.717, 1.165) is 23.3 Å². The highest BCUT2D eigenvalue weighted by Gasteiger charge is 2.30. The number of hydrogen-bond acceptors (Lipinski definition) is 4. The SMILES string of the molecule is Cc1cc(C(F)(F)F)ccc1/C=C/c1cc(OCc2ccccc2)c(OCc2ccccc2)nn1. The van der Waals surface area contributed by atoms with Crippen LogP contribution in [0.3, 0.4) is 0 Å². The van der Waals surface area contributed by atoms with Crippen LogP contribution in [0.15, 0.2) is 84.9 Å². The van der Waals surface area contributed by atoms with Gasteiger partial charge in [-0.15, -0.1) is 10.2 Å². The van der Waals surface area contributed by atoms with Gasteiger partial charge in [0.1, 0.15) is 13.2 Å². The molecule has 0 spiro atoms. The van der Waals surface area contributed by atoms with Crippen LogP contribution in [0.4, 0.5) is 13.2 Å². The molecule has 0 unspecified atom stereocenters. The summed E-state index contributed by atoms with van der Waals surface area (Å²) >= 11 is 0. The van der Waals surface area contributed by atoms with E-state index < -0.39 is 11.7 Å². The van der Waals surface area contributed by atoms with Crippen LogP contribution in [-0.4, -0.2) is 10.2 Å². The molecule has 0 radical (unpaired) electrons. The average molecular weight is 476 g/mol. The zero-order valence-electron chi connectivity index (χ0n) is 19.0. The fourth-order valence-electron chi connectivity index (χ4n) is 3.34. The highest BCUT2D eigenvalue weighted by atomic mass is 19.4. The second kappa shape index (κ2) is 10.9. The lowest BCUT2D eigenvalue weighted by Gasteiger charge is -2.12. The zero-order valence-corrected chi connectivity index (χ0v) is 19.0. The zero-order chi connectivity index (χ0) is 24.7. The molecule has 0 aliphatic heterocycles. The molecule has 1 heterocycles. The van der Waals surface area contributed by atoms with Crippen molar-refractivity contribution in [3.05, 3.63) is 118 Å². The molecule has 4 aromatic rings. The molecule has 4 rings (SSSR count). The van der Waals surface area contributed by atoms with Crippen LogP contribution >= 0.6 is 0 Å². The smallest absolute Gasteiger partial charge is 0.416 e. The third-order valence-corrected chi connectivity index (χ3v) is 5.23. The van der Waals surface area contributed by atoms with Crippen molar-refractivity contribution < 1.29 is 22.6 Å². The fraction of sp³-hybridized carbons (Fsp3) is 0.143. The van der Waals surface area contributed by atoms with E-state index in [4.69, 9.17) is 9.47 Å². The molecular formula is C28H23F3N2O2. The largest absolute Gasteiger partial charge is 0.483 e. The quantitative estimate of drug-likeness (QED) is 0.271.